The number of nitrogens with zero attached hydrogens (tertiary/aromatic N) is 2. The van der Waals surface area contributed by atoms with E-state index in [0.717, 1.165) is 27.9 Å². The molecule has 3 aromatic rings. The number of hydrogen-bond donors (Lipinski definition) is 1. The molecule has 4 nitrogen and oxygen atoms in total. The molecule has 0 saturated heterocycles. The maximum atomic E-state index is 13.0. The summed E-state index contributed by atoms with van der Waals surface area (Å²) in [5.74, 6) is 0.325. The molecule has 0 spiro atoms. The molecule has 2 heterocycles. The molecule has 0 aliphatic heterocycles. The fourth-order valence-electron chi connectivity index (χ4n) is 2.60. The van der Waals surface area contributed by atoms with Gasteiger partial charge in [-0.1, -0.05) is 19.1 Å². The number of carbonyl (C=O) groups excluding carboxylic acids is 1. The quantitative estimate of drug-likeness (QED) is 0.700. The highest BCUT2D eigenvalue weighted by atomic mass is 32.2. The van der Waals surface area contributed by atoms with Crippen LogP contribution in [0.5, 0.6) is 0 Å². The number of nitrogens with one attached hydrogen (secondary N) is 1. The summed E-state index contributed by atoms with van der Waals surface area (Å²) in [4.78, 5) is 21.7. The largest absolute Gasteiger partial charge is 0.348 e. The molecule has 6 heteroatoms. The summed E-state index contributed by atoms with van der Waals surface area (Å²) in [6.45, 7) is 4.24. The number of rotatable bonds is 5. The summed E-state index contributed by atoms with van der Waals surface area (Å²) in [6.07, 6.45) is 1.70. The van der Waals surface area contributed by atoms with Crippen molar-refractivity contribution < 1.29 is 9.18 Å². The molecule has 0 aliphatic carbocycles. The zero-order valence-corrected chi connectivity index (χ0v) is 14.9. The second-order valence-corrected chi connectivity index (χ2v) is 6.78. The molecule has 0 fully saturated rings. The van der Waals surface area contributed by atoms with Crippen LogP contribution in [-0.2, 0) is 6.54 Å². The van der Waals surface area contributed by atoms with Gasteiger partial charge in [-0.25, -0.2) is 9.37 Å². The number of fused-ring (bicyclic) bond motifs is 1. The van der Waals surface area contributed by atoms with Gasteiger partial charge in [-0.2, -0.15) is 0 Å². The van der Waals surface area contributed by atoms with E-state index in [4.69, 9.17) is 0 Å². The van der Waals surface area contributed by atoms with E-state index in [9.17, 15) is 9.18 Å². The molecular formula is C19H18FN3OS. The highest BCUT2D eigenvalue weighted by Gasteiger charge is 2.19. The molecule has 0 aliphatic rings. The summed E-state index contributed by atoms with van der Waals surface area (Å²) in [7, 11) is 0. The second-order valence-electron chi connectivity index (χ2n) is 5.53. The van der Waals surface area contributed by atoms with Gasteiger partial charge in [0, 0.05) is 12.7 Å². The highest BCUT2D eigenvalue weighted by Crippen LogP contribution is 2.28. The van der Waals surface area contributed by atoms with Crippen LogP contribution in [0.15, 0.2) is 47.6 Å². The maximum Gasteiger partial charge on any atom is 0.254 e. The number of pyridine rings is 2. The zero-order valence-electron chi connectivity index (χ0n) is 14.0. The van der Waals surface area contributed by atoms with E-state index in [1.54, 1.807) is 18.3 Å². The van der Waals surface area contributed by atoms with Crippen molar-refractivity contribution in [3.05, 3.63) is 65.1 Å². The molecule has 0 saturated carbocycles. The molecule has 1 amide bonds. The first-order valence-corrected chi connectivity index (χ1v) is 8.99. The molecule has 3 rings (SSSR count). The lowest BCUT2D eigenvalue weighted by molar-refractivity contribution is 0.0947. The Kier molecular flexibility index (Phi) is 5.28. The van der Waals surface area contributed by atoms with Crippen LogP contribution >= 0.6 is 11.8 Å². The lowest BCUT2D eigenvalue weighted by Crippen LogP contribution is -2.25. The number of halogens is 1. The van der Waals surface area contributed by atoms with Crippen LogP contribution < -0.4 is 5.32 Å². The summed E-state index contributed by atoms with van der Waals surface area (Å²) in [6, 6.07) is 9.81. The van der Waals surface area contributed by atoms with Crippen LogP contribution in [0.3, 0.4) is 0 Å². The van der Waals surface area contributed by atoms with Crippen LogP contribution in [0, 0.1) is 12.7 Å². The first-order valence-electron chi connectivity index (χ1n) is 8.01. The van der Waals surface area contributed by atoms with Crippen molar-refractivity contribution in [2.45, 2.75) is 25.4 Å². The van der Waals surface area contributed by atoms with Gasteiger partial charge in [0.05, 0.1) is 16.6 Å². The van der Waals surface area contributed by atoms with Gasteiger partial charge in [-0.05, 0) is 48.1 Å². The average Bonchev–Trinajstić information content (AvgIpc) is 2.61. The van der Waals surface area contributed by atoms with E-state index < -0.39 is 0 Å². The molecule has 25 heavy (non-hydrogen) atoms. The van der Waals surface area contributed by atoms with E-state index in [2.05, 4.69) is 15.3 Å². The van der Waals surface area contributed by atoms with Gasteiger partial charge in [-0.3, -0.25) is 9.78 Å². The van der Waals surface area contributed by atoms with Crippen molar-refractivity contribution in [3.63, 3.8) is 0 Å². The highest BCUT2D eigenvalue weighted by molar-refractivity contribution is 7.99. The lowest BCUT2D eigenvalue weighted by Gasteiger charge is -2.13. The van der Waals surface area contributed by atoms with E-state index >= 15 is 0 Å². The first-order chi connectivity index (χ1) is 12.1. The van der Waals surface area contributed by atoms with Crippen LogP contribution in [0.1, 0.15) is 28.4 Å². The molecule has 0 atom stereocenters. The van der Waals surface area contributed by atoms with Gasteiger partial charge in [-0.15, -0.1) is 11.8 Å². The molecule has 1 aromatic carbocycles. The maximum absolute atomic E-state index is 13.0. The minimum absolute atomic E-state index is 0.196. The molecule has 0 unspecified atom stereocenters. The summed E-state index contributed by atoms with van der Waals surface area (Å²) in [5.41, 5.74) is 3.73. The molecule has 1 N–H and O–H groups in total. The van der Waals surface area contributed by atoms with Crippen LogP contribution in [0.25, 0.3) is 11.0 Å². The fourth-order valence-corrected chi connectivity index (χ4v) is 3.43. The Labute approximate surface area is 149 Å². The Morgan fingerprint density at radius 3 is 2.72 bits per heavy atom. The van der Waals surface area contributed by atoms with Gasteiger partial charge in [0.15, 0.2) is 0 Å². The van der Waals surface area contributed by atoms with Gasteiger partial charge < -0.3 is 5.32 Å². The van der Waals surface area contributed by atoms with E-state index in [1.165, 1.54) is 23.9 Å². The number of thioether (sulfide) groups is 1. The Bertz CT molecular complexity index is 912. The van der Waals surface area contributed by atoms with Crippen molar-refractivity contribution in [3.8, 4) is 0 Å². The third-order valence-corrected chi connectivity index (χ3v) is 4.68. The number of aryl methyl sites for hydroxylation is 1. The lowest BCUT2D eigenvalue weighted by atomic mass is 10.1. The second kappa shape index (κ2) is 7.61. The summed E-state index contributed by atoms with van der Waals surface area (Å²) >= 11 is 1.53. The van der Waals surface area contributed by atoms with Gasteiger partial charge in [0.2, 0.25) is 0 Å². The minimum atomic E-state index is -0.294. The SMILES string of the molecule is CCSc1nc2cccnc2c(C)c1C(=O)NCc1ccc(F)cc1. The van der Waals surface area contributed by atoms with E-state index in [1.807, 2.05) is 26.0 Å². The number of carbonyl (C=O) groups is 1. The number of amides is 1. The zero-order chi connectivity index (χ0) is 17.8. The van der Waals surface area contributed by atoms with Gasteiger partial charge >= 0.3 is 0 Å². The smallest absolute Gasteiger partial charge is 0.254 e. The van der Waals surface area contributed by atoms with Crippen molar-refractivity contribution in [2.75, 3.05) is 5.75 Å². The Balaban J connectivity index is 1.92. The van der Waals surface area contributed by atoms with Gasteiger partial charge in [0.25, 0.3) is 5.91 Å². The molecule has 0 bridgehead atoms. The standard InChI is InChI=1S/C19H18FN3OS/c1-3-25-19-16(12(2)17-15(23-19)5-4-10-21-17)18(24)22-11-13-6-8-14(20)9-7-13/h4-10H,3,11H2,1-2H3,(H,22,24). The van der Waals surface area contributed by atoms with E-state index in [0.29, 0.717) is 17.1 Å². The monoisotopic (exact) mass is 355 g/mol. The number of aromatic nitrogens is 2. The predicted molar refractivity (Wildman–Crippen MR) is 98.2 cm³/mol. The van der Waals surface area contributed by atoms with Crippen molar-refractivity contribution >= 4 is 28.7 Å². The molecular weight excluding hydrogens is 337 g/mol. The molecule has 128 valence electrons. The summed E-state index contributed by atoms with van der Waals surface area (Å²) in [5, 5.41) is 3.60. The Hall–Kier alpha value is -2.47. The summed E-state index contributed by atoms with van der Waals surface area (Å²) < 4.78 is 13.0. The fraction of sp³-hybridized carbons (Fsp3) is 0.211. The van der Waals surface area contributed by atoms with Crippen molar-refractivity contribution in [1.29, 1.82) is 0 Å². The minimum Gasteiger partial charge on any atom is -0.348 e. The molecule has 2 aromatic heterocycles. The Morgan fingerprint density at radius 1 is 1.24 bits per heavy atom. The average molecular weight is 355 g/mol. The number of hydrogen-bond acceptors (Lipinski definition) is 4. The predicted octanol–water partition coefficient (Wildman–Crippen LogP) is 4.12. The van der Waals surface area contributed by atoms with Gasteiger partial charge in [0.1, 0.15) is 10.8 Å². The number of benzene rings is 1. The first kappa shape index (κ1) is 17.4. The van der Waals surface area contributed by atoms with Crippen molar-refractivity contribution in [1.82, 2.24) is 15.3 Å². The Morgan fingerprint density at radius 2 is 2.00 bits per heavy atom. The normalized spacial score (nSPS) is 10.8. The third-order valence-electron chi connectivity index (χ3n) is 3.83. The van der Waals surface area contributed by atoms with Crippen molar-refractivity contribution in [2.24, 2.45) is 0 Å². The van der Waals surface area contributed by atoms with Crippen LogP contribution in [-0.4, -0.2) is 21.6 Å². The van der Waals surface area contributed by atoms with E-state index in [-0.39, 0.29) is 11.7 Å². The third kappa shape index (κ3) is 3.79. The topological polar surface area (TPSA) is 54.9 Å². The van der Waals surface area contributed by atoms with Crippen LogP contribution in [0.2, 0.25) is 0 Å². The molecule has 0 radical (unpaired) electrons. The van der Waals surface area contributed by atoms with Crippen LogP contribution in [0.4, 0.5) is 4.39 Å².